The molecule has 2 aliphatic rings. The highest BCUT2D eigenvalue weighted by atomic mass is 127. The van der Waals surface area contributed by atoms with E-state index in [1.165, 1.54) is 30.2 Å². The lowest BCUT2D eigenvalue weighted by Crippen LogP contribution is -2.36. The average molecular weight is 683 g/mol. The third-order valence-corrected chi connectivity index (χ3v) is 9.91. The number of piperidine rings is 1. The molecule has 4 heterocycles. The summed E-state index contributed by atoms with van der Waals surface area (Å²) in [6.07, 6.45) is 3.45. The number of benzene rings is 2. The number of hydrogen-bond acceptors (Lipinski definition) is 10. The third kappa shape index (κ3) is 5.64. The molecule has 1 fully saturated rings. The van der Waals surface area contributed by atoms with Crippen molar-refractivity contribution in [2.75, 3.05) is 25.6 Å². The van der Waals surface area contributed by atoms with Gasteiger partial charge in [-0.3, -0.25) is 4.90 Å². The zero-order valence-corrected chi connectivity index (χ0v) is 24.4. The fraction of sp³-hybridized carbons (Fsp3) is 0.320. The molecule has 2 aliphatic heterocycles. The van der Waals surface area contributed by atoms with Crippen LogP contribution in [-0.4, -0.2) is 52.7 Å². The highest BCUT2D eigenvalue weighted by Gasteiger charge is 2.26. The van der Waals surface area contributed by atoms with E-state index < -0.39 is 10.2 Å². The lowest BCUT2D eigenvalue weighted by atomic mass is 9.97. The highest BCUT2D eigenvalue weighted by Crippen LogP contribution is 2.42. The van der Waals surface area contributed by atoms with Crippen molar-refractivity contribution in [2.24, 2.45) is 5.92 Å². The van der Waals surface area contributed by atoms with Crippen LogP contribution in [-0.2, 0) is 23.3 Å². The van der Waals surface area contributed by atoms with Crippen LogP contribution in [0.25, 0.3) is 11.2 Å². The van der Waals surface area contributed by atoms with Crippen LogP contribution in [0.15, 0.2) is 57.7 Å². The Morgan fingerprint density at radius 1 is 1.18 bits per heavy atom. The normalized spacial score (nSPS) is 17.6. The van der Waals surface area contributed by atoms with E-state index in [9.17, 15) is 12.3 Å². The molecule has 2 N–H and O–H groups in total. The molecule has 10 nitrogen and oxygen atoms in total. The molecule has 2 aromatic heterocycles. The molecular formula is C25H24FIN6O4S2. The monoisotopic (exact) mass is 682 g/mol. The van der Waals surface area contributed by atoms with Gasteiger partial charge in [0.05, 0.1) is 4.90 Å². The van der Waals surface area contributed by atoms with E-state index in [-0.39, 0.29) is 17.6 Å². The molecule has 0 amide bonds. The van der Waals surface area contributed by atoms with Gasteiger partial charge in [-0.1, -0.05) is 23.9 Å². The Morgan fingerprint density at radius 3 is 2.82 bits per heavy atom. The maximum atomic E-state index is 13.5. The van der Waals surface area contributed by atoms with Gasteiger partial charge in [0, 0.05) is 28.1 Å². The van der Waals surface area contributed by atoms with Crippen molar-refractivity contribution in [1.82, 2.24) is 24.4 Å². The van der Waals surface area contributed by atoms with Gasteiger partial charge in [-0.05, 0) is 77.7 Å². The van der Waals surface area contributed by atoms with Crippen LogP contribution < -0.4 is 15.2 Å². The van der Waals surface area contributed by atoms with Crippen LogP contribution in [0.4, 0.5) is 9.70 Å². The SMILES string of the molecule is Nc1ncnc2c1nc(Sc1cc3c(cc1I)OCO3)n2CC1CCCN(Cc2cccc(S(=O)(=O)F)c2)C1. The summed E-state index contributed by atoms with van der Waals surface area (Å²) in [6.45, 7) is 3.08. The van der Waals surface area contributed by atoms with Gasteiger partial charge in [0.1, 0.15) is 6.33 Å². The molecular weight excluding hydrogens is 658 g/mol. The van der Waals surface area contributed by atoms with Crippen LogP contribution in [0.2, 0.25) is 0 Å². The predicted molar refractivity (Wildman–Crippen MR) is 152 cm³/mol. The second-order valence-electron chi connectivity index (χ2n) is 9.50. The molecule has 4 aromatic rings. The first kappa shape index (κ1) is 26.5. The number of rotatable bonds is 7. The topological polar surface area (TPSA) is 125 Å². The summed E-state index contributed by atoms with van der Waals surface area (Å²) in [5.74, 6) is 2.04. The van der Waals surface area contributed by atoms with E-state index in [0.717, 1.165) is 50.9 Å². The van der Waals surface area contributed by atoms with Crippen molar-refractivity contribution in [3.8, 4) is 11.5 Å². The highest BCUT2D eigenvalue weighted by molar-refractivity contribution is 14.1. The molecule has 6 rings (SSSR count). The molecule has 0 radical (unpaired) electrons. The van der Waals surface area contributed by atoms with E-state index in [2.05, 4.69) is 42.0 Å². The second kappa shape index (κ2) is 10.7. The van der Waals surface area contributed by atoms with Crippen molar-refractivity contribution in [2.45, 2.75) is 40.9 Å². The zero-order chi connectivity index (χ0) is 27.1. The maximum absolute atomic E-state index is 13.5. The Hall–Kier alpha value is -2.69. The Bertz CT molecular complexity index is 1670. The Labute approximate surface area is 242 Å². The molecule has 0 saturated carbocycles. The van der Waals surface area contributed by atoms with Gasteiger partial charge < -0.3 is 19.8 Å². The zero-order valence-electron chi connectivity index (χ0n) is 20.6. The second-order valence-corrected chi connectivity index (χ2v) is 13.0. The number of imidazole rings is 1. The standard InChI is InChI=1S/C25H24FIN6O4S2/c26-39(34,35)17-5-1-3-15(7-17)10-32-6-2-4-16(11-32)12-33-24-22(23(28)29-13-30-24)31-25(33)38-21-9-20-19(8-18(21)27)36-14-37-20/h1,3,5,7-9,13,16H,2,4,6,10-12,14H2,(H2,28,29,30). The van der Waals surface area contributed by atoms with Gasteiger partial charge >= 0.3 is 10.2 Å². The predicted octanol–water partition coefficient (Wildman–Crippen LogP) is 4.46. The summed E-state index contributed by atoms with van der Waals surface area (Å²) in [6, 6.07) is 9.99. The molecule has 2 aromatic carbocycles. The first-order chi connectivity index (χ1) is 18.7. The molecule has 1 unspecified atom stereocenters. The number of likely N-dealkylation sites (tertiary alicyclic amines) is 1. The van der Waals surface area contributed by atoms with E-state index in [4.69, 9.17) is 20.2 Å². The van der Waals surface area contributed by atoms with Gasteiger partial charge in [-0.2, -0.15) is 8.42 Å². The van der Waals surface area contributed by atoms with Crippen molar-refractivity contribution in [3.63, 3.8) is 0 Å². The van der Waals surface area contributed by atoms with Gasteiger partial charge in [0.15, 0.2) is 33.6 Å². The maximum Gasteiger partial charge on any atom is 0.332 e. The van der Waals surface area contributed by atoms with Gasteiger partial charge in [0.25, 0.3) is 0 Å². The largest absolute Gasteiger partial charge is 0.454 e. The fourth-order valence-electron chi connectivity index (χ4n) is 5.01. The third-order valence-electron chi connectivity index (χ3n) is 6.78. The summed E-state index contributed by atoms with van der Waals surface area (Å²) >= 11 is 3.80. The van der Waals surface area contributed by atoms with Crippen LogP contribution in [0.5, 0.6) is 11.5 Å². The van der Waals surface area contributed by atoms with Crippen LogP contribution in [0.3, 0.4) is 0 Å². The number of anilines is 1. The minimum atomic E-state index is -4.74. The van der Waals surface area contributed by atoms with Gasteiger partial charge in [0.2, 0.25) is 6.79 Å². The average Bonchev–Trinajstić information content (AvgIpc) is 3.49. The first-order valence-electron chi connectivity index (χ1n) is 12.2. The van der Waals surface area contributed by atoms with E-state index in [0.29, 0.717) is 35.8 Å². The molecule has 1 saturated heterocycles. The summed E-state index contributed by atoms with van der Waals surface area (Å²) in [5, 5.41) is 0.756. The molecule has 39 heavy (non-hydrogen) atoms. The summed E-state index contributed by atoms with van der Waals surface area (Å²) in [7, 11) is -4.74. The van der Waals surface area contributed by atoms with Crippen molar-refractivity contribution >= 4 is 61.6 Å². The fourth-order valence-corrected chi connectivity index (χ4v) is 7.24. The number of nitrogens with two attached hydrogens (primary N) is 1. The van der Waals surface area contributed by atoms with E-state index >= 15 is 0 Å². The number of hydrogen-bond donors (Lipinski definition) is 1. The molecule has 14 heteroatoms. The minimum Gasteiger partial charge on any atom is -0.454 e. The molecule has 1 atom stereocenters. The molecule has 204 valence electrons. The van der Waals surface area contributed by atoms with Crippen molar-refractivity contribution in [3.05, 3.63) is 51.9 Å². The summed E-state index contributed by atoms with van der Waals surface area (Å²) in [5.41, 5.74) is 8.17. The van der Waals surface area contributed by atoms with E-state index in [1.54, 1.807) is 6.07 Å². The van der Waals surface area contributed by atoms with Gasteiger partial charge in [-0.15, -0.1) is 3.89 Å². The molecule has 0 spiro atoms. The Morgan fingerprint density at radius 2 is 2.00 bits per heavy atom. The molecule has 0 aliphatic carbocycles. The number of halogens is 2. The Kier molecular flexibility index (Phi) is 7.28. The minimum absolute atomic E-state index is 0.205. The lowest BCUT2D eigenvalue weighted by molar-refractivity contribution is 0.155. The quantitative estimate of drug-likeness (QED) is 0.221. The Balaban J connectivity index is 1.25. The number of ether oxygens (including phenoxy) is 2. The number of nitrogens with zero attached hydrogens (tertiary/aromatic N) is 5. The van der Waals surface area contributed by atoms with Gasteiger partial charge in [-0.25, -0.2) is 15.0 Å². The first-order valence-corrected chi connectivity index (χ1v) is 15.5. The lowest BCUT2D eigenvalue weighted by Gasteiger charge is -2.33. The van der Waals surface area contributed by atoms with Crippen LogP contribution >= 0.6 is 34.4 Å². The number of fused-ring (bicyclic) bond motifs is 2. The van der Waals surface area contributed by atoms with Crippen molar-refractivity contribution in [1.29, 1.82) is 0 Å². The van der Waals surface area contributed by atoms with Crippen LogP contribution in [0.1, 0.15) is 18.4 Å². The summed E-state index contributed by atoms with van der Waals surface area (Å²) < 4.78 is 50.4. The summed E-state index contributed by atoms with van der Waals surface area (Å²) in [4.78, 5) is 16.4. The smallest absolute Gasteiger partial charge is 0.332 e. The van der Waals surface area contributed by atoms with E-state index in [1.807, 2.05) is 18.2 Å². The number of nitrogen functional groups attached to an aromatic ring is 1. The van der Waals surface area contributed by atoms with Crippen LogP contribution in [0, 0.1) is 9.49 Å². The van der Waals surface area contributed by atoms with Crippen molar-refractivity contribution < 1.29 is 21.8 Å². The number of aromatic nitrogens is 4. The molecule has 0 bridgehead atoms.